The fourth-order valence-corrected chi connectivity index (χ4v) is 4.52. The fourth-order valence-electron chi connectivity index (χ4n) is 4.52. The lowest BCUT2D eigenvalue weighted by molar-refractivity contribution is -0.274. The molecule has 1 fully saturated rings. The van der Waals surface area contributed by atoms with Gasteiger partial charge < -0.3 is 26.4 Å². The minimum absolute atomic E-state index is 0.132. The highest BCUT2D eigenvalue weighted by Crippen LogP contribution is 2.29. The van der Waals surface area contributed by atoms with Crippen molar-refractivity contribution in [2.24, 2.45) is 10.7 Å². The maximum absolute atomic E-state index is 12.6. The van der Waals surface area contributed by atoms with E-state index in [2.05, 4.69) is 20.7 Å². The SMILES string of the molecule is CC1(N)NC(=NC2CCC(NCCc3ccccc3OC(F)(F)F)CC2)Nc2ccccc21. The van der Waals surface area contributed by atoms with Gasteiger partial charge in [-0.15, -0.1) is 13.2 Å². The average molecular weight is 462 g/mol. The first-order valence-electron chi connectivity index (χ1n) is 11.3. The number of nitrogens with one attached hydrogen (secondary N) is 3. The van der Waals surface area contributed by atoms with Gasteiger partial charge in [-0.05, 0) is 63.3 Å². The second kappa shape index (κ2) is 9.61. The third kappa shape index (κ3) is 6.17. The third-order valence-corrected chi connectivity index (χ3v) is 6.15. The summed E-state index contributed by atoms with van der Waals surface area (Å²) in [5.74, 6) is 0.559. The fraction of sp³-hybridized carbons (Fsp3) is 0.458. The molecule has 2 aliphatic rings. The predicted molar refractivity (Wildman–Crippen MR) is 123 cm³/mol. The Kier molecular flexibility index (Phi) is 6.81. The van der Waals surface area contributed by atoms with Crippen LogP contribution in [0.1, 0.15) is 43.7 Å². The highest BCUT2D eigenvalue weighted by Gasteiger charge is 2.32. The number of rotatable bonds is 6. The quantitative estimate of drug-likeness (QED) is 0.518. The first-order valence-corrected chi connectivity index (χ1v) is 11.3. The molecular formula is C24H30F3N5O. The lowest BCUT2D eigenvalue weighted by Crippen LogP contribution is -2.56. The first kappa shape index (κ1) is 23.4. The Bertz CT molecular complexity index is 984. The summed E-state index contributed by atoms with van der Waals surface area (Å²) in [7, 11) is 0. The molecule has 1 heterocycles. The topological polar surface area (TPSA) is 83.7 Å². The number of hydrogen-bond acceptors (Lipinski definition) is 4. The van der Waals surface area contributed by atoms with Crippen LogP contribution in [0.4, 0.5) is 18.9 Å². The summed E-state index contributed by atoms with van der Waals surface area (Å²) in [6, 6.07) is 14.7. The van der Waals surface area contributed by atoms with E-state index in [1.165, 1.54) is 6.07 Å². The zero-order valence-corrected chi connectivity index (χ0v) is 18.6. The van der Waals surface area contributed by atoms with E-state index < -0.39 is 12.0 Å². The lowest BCUT2D eigenvalue weighted by Gasteiger charge is -2.36. The smallest absolute Gasteiger partial charge is 0.406 e. The molecule has 1 aliphatic heterocycles. The van der Waals surface area contributed by atoms with E-state index in [1.54, 1.807) is 18.2 Å². The molecule has 0 saturated heterocycles. The van der Waals surface area contributed by atoms with Crippen molar-refractivity contribution in [3.05, 3.63) is 59.7 Å². The monoisotopic (exact) mass is 461 g/mol. The van der Waals surface area contributed by atoms with Crippen molar-refractivity contribution in [1.82, 2.24) is 10.6 Å². The van der Waals surface area contributed by atoms with Gasteiger partial charge in [-0.2, -0.15) is 0 Å². The molecular weight excluding hydrogens is 431 g/mol. The molecule has 1 atom stereocenters. The molecule has 0 spiro atoms. The van der Waals surface area contributed by atoms with Crippen molar-refractivity contribution in [1.29, 1.82) is 0 Å². The Morgan fingerprint density at radius 2 is 1.79 bits per heavy atom. The normalized spacial score (nSPS) is 26.3. The van der Waals surface area contributed by atoms with Gasteiger partial charge in [0.15, 0.2) is 5.96 Å². The molecule has 0 aromatic heterocycles. The van der Waals surface area contributed by atoms with Gasteiger partial charge in [0.1, 0.15) is 11.4 Å². The molecule has 33 heavy (non-hydrogen) atoms. The maximum atomic E-state index is 12.6. The Morgan fingerprint density at radius 3 is 2.55 bits per heavy atom. The summed E-state index contributed by atoms with van der Waals surface area (Å²) in [5, 5.41) is 10.1. The molecule has 1 unspecified atom stereocenters. The van der Waals surface area contributed by atoms with Crippen LogP contribution >= 0.6 is 0 Å². The second-order valence-electron chi connectivity index (χ2n) is 8.84. The molecule has 1 aliphatic carbocycles. The van der Waals surface area contributed by atoms with E-state index in [0.717, 1.165) is 36.9 Å². The number of benzene rings is 2. The number of para-hydroxylation sites is 2. The van der Waals surface area contributed by atoms with Crippen LogP contribution in [0.5, 0.6) is 5.75 Å². The van der Waals surface area contributed by atoms with Crippen LogP contribution in [0, 0.1) is 0 Å². The maximum Gasteiger partial charge on any atom is 0.573 e. The zero-order chi connectivity index (χ0) is 23.5. The van der Waals surface area contributed by atoms with Gasteiger partial charge in [-0.1, -0.05) is 36.4 Å². The van der Waals surface area contributed by atoms with Gasteiger partial charge in [-0.3, -0.25) is 0 Å². The van der Waals surface area contributed by atoms with Crippen molar-refractivity contribution in [2.45, 2.75) is 63.1 Å². The van der Waals surface area contributed by atoms with Crippen LogP contribution in [0.2, 0.25) is 0 Å². The molecule has 0 bridgehead atoms. The minimum atomic E-state index is -4.69. The molecule has 2 aromatic carbocycles. The number of nitrogens with zero attached hydrogens (tertiary/aromatic N) is 1. The molecule has 1 saturated carbocycles. The van der Waals surface area contributed by atoms with Crippen LogP contribution in [0.25, 0.3) is 0 Å². The van der Waals surface area contributed by atoms with Gasteiger partial charge >= 0.3 is 6.36 Å². The minimum Gasteiger partial charge on any atom is -0.406 e. The number of hydrogen-bond donors (Lipinski definition) is 4. The average Bonchev–Trinajstić information content (AvgIpc) is 2.75. The molecule has 2 aromatic rings. The summed E-state index contributed by atoms with van der Waals surface area (Å²) >= 11 is 0. The van der Waals surface area contributed by atoms with E-state index >= 15 is 0 Å². The van der Waals surface area contributed by atoms with E-state index in [1.807, 2.05) is 31.2 Å². The first-order chi connectivity index (χ1) is 15.7. The number of nitrogens with two attached hydrogens (primary N) is 1. The summed E-state index contributed by atoms with van der Waals surface area (Å²) in [6.07, 6.45) is -0.439. The molecule has 6 nitrogen and oxygen atoms in total. The van der Waals surface area contributed by atoms with Crippen molar-refractivity contribution in [2.75, 3.05) is 11.9 Å². The van der Waals surface area contributed by atoms with Crippen LogP contribution < -0.4 is 26.4 Å². The van der Waals surface area contributed by atoms with Crippen LogP contribution in [-0.4, -0.2) is 31.0 Å². The number of alkyl halides is 3. The predicted octanol–water partition coefficient (Wildman–Crippen LogP) is 4.23. The Morgan fingerprint density at radius 1 is 1.09 bits per heavy atom. The zero-order valence-electron chi connectivity index (χ0n) is 18.6. The Balaban J connectivity index is 1.26. The summed E-state index contributed by atoms with van der Waals surface area (Å²) in [6.45, 7) is 2.52. The molecule has 0 amide bonds. The second-order valence-corrected chi connectivity index (χ2v) is 8.84. The van der Waals surface area contributed by atoms with Crippen molar-refractivity contribution in [3.8, 4) is 5.75 Å². The van der Waals surface area contributed by atoms with Gasteiger partial charge in [0.05, 0.1) is 6.04 Å². The van der Waals surface area contributed by atoms with Gasteiger partial charge in [0, 0.05) is 17.3 Å². The van der Waals surface area contributed by atoms with Crippen LogP contribution in [0.15, 0.2) is 53.5 Å². The number of halogens is 3. The highest BCUT2D eigenvalue weighted by molar-refractivity contribution is 5.97. The molecule has 178 valence electrons. The van der Waals surface area contributed by atoms with Crippen molar-refractivity contribution < 1.29 is 17.9 Å². The summed E-state index contributed by atoms with van der Waals surface area (Å²) in [4.78, 5) is 4.86. The standard InChI is InChI=1S/C24H30F3N5O/c1-23(28)19-7-3-4-8-20(19)31-22(32-23)30-18-12-10-17(11-13-18)29-15-14-16-6-2-5-9-21(16)33-24(25,26)27/h2-9,17-18,29H,10-15,28H2,1H3,(H2,30,31,32). The van der Waals surface area contributed by atoms with Crippen LogP contribution in [0.3, 0.4) is 0 Å². The number of guanidine groups is 1. The van der Waals surface area contributed by atoms with Crippen LogP contribution in [-0.2, 0) is 12.1 Å². The molecule has 9 heteroatoms. The van der Waals surface area contributed by atoms with Crippen molar-refractivity contribution in [3.63, 3.8) is 0 Å². The highest BCUT2D eigenvalue weighted by atomic mass is 19.4. The Labute approximate surface area is 191 Å². The summed E-state index contributed by atoms with van der Waals surface area (Å²) in [5.41, 5.74) is 8.26. The number of anilines is 1. The summed E-state index contributed by atoms with van der Waals surface area (Å²) < 4.78 is 41.9. The van der Waals surface area contributed by atoms with Gasteiger partial charge in [0.25, 0.3) is 0 Å². The lowest BCUT2D eigenvalue weighted by atomic mass is 9.91. The van der Waals surface area contributed by atoms with Crippen molar-refractivity contribution >= 4 is 11.6 Å². The van der Waals surface area contributed by atoms with E-state index in [9.17, 15) is 13.2 Å². The number of aliphatic imine (C=N–C) groups is 1. The Hall–Kier alpha value is -2.78. The van der Waals surface area contributed by atoms with Gasteiger partial charge in [-0.25, -0.2) is 4.99 Å². The third-order valence-electron chi connectivity index (χ3n) is 6.15. The van der Waals surface area contributed by atoms with E-state index in [-0.39, 0.29) is 11.8 Å². The largest absolute Gasteiger partial charge is 0.573 e. The molecule has 0 radical (unpaired) electrons. The van der Waals surface area contributed by atoms with Gasteiger partial charge in [0.2, 0.25) is 0 Å². The number of fused-ring (bicyclic) bond motifs is 1. The number of ether oxygens (including phenoxy) is 1. The molecule has 5 N–H and O–H groups in total. The van der Waals surface area contributed by atoms with E-state index in [4.69, 9.17) is 10.7 Å². The van der Waals surface area contributed by atoms with E-state index in [0.29, 0.717) is 30.5 Å². The molecule has 4 rings (SSSR count).